The molecule has 1 aliphatic heterocycles. The zero-order valence-corrected chi connectivity index (χ0v) is 17.9. The Balaban J connectivity index is 1.71. The summed E-state index contributed by atoms with van der Waals surface area (Å²) in [5, 5.41) is 2.82. The van der Waals surface area contributed by atoms with Crippen LogP contribution in [0, 0.1) is 5.41 Å². The van der Waals surface area contributed by atoms with Gasteiger partial charge in [-0.05, 0) is 62.7 Å². The third-order valence-corrected chi connectivity index (χ3v) is 4.82. The number of anilines is 2. The summed E-state index contributed by atoms with van der Waals surface area (Å²) < 4.78 is 16.5. The van der Waals surface area contributed by atoms with E-state index in [0.29, 0.717) is 41.8 Å². The fraction of sp³-hybridized carbons (Fsp3) is 0.391. The highest BCUT2D eigenvalue weighted by Gasteiger charge is 2.37. The summed E-state index contributed by atoms with van der Waals surface area (Å²) in [5.74, 6) is 1.63. The molecule has 0 unspecified atom stereocenters. The topological polar surface area (TPSA) is 77.1 Å². The molecule has 1 N–H and O–H groups in total. The Labute approximate surface area is 176 Å². The highest BCUT2D eigenvalue weighted by molar-refractivity contribution is 6.00. The first-order valence-corrected chi connectivity index (χ1v) is 9.99. The number of nitrogens with one attached hydrogen (secondary N) is 1. The monoisotopic (exact) mass is 412 g/mol. The van der Waals surface area contributed by atoms with Gasteiger partial charge in [-0.15, -0.1) is 0 Å². The molecule has 2 amide bonds. The third kappa shape index (κ3) is 4.84. The zero-order chi connectivity index (χ0) is 21.7. The van der Waals surface area contributed by atoms with E-state index in [1.807, 2.05) is 20.8 Å². The predicted octanol–water partition coefficient (Wildman–Crippen LogP) is 3.87. The number of benzene rings is 2. The lowest BCUT2D eigenvalue weighted by atomic mass is 9.93. The van der Waals surface area contributed by atoms with Gasteiger partial charge in [-0.1, -0.05) is 6.92 Å². The van der Waals surface area contributed by atoms with E-state index in [4.69, 9.17) is 14.2 Å². The van der Waals surface area contributed by atoms with Gasteiger partial charge in [-0.25, -0.2) is 0 Å². The van der Waals surface area contributed by atoms with Crippen LogP contribution in [0.1, 0.15) is 27.2 Å². The molecule has 2 aromatic rings. The molecular formula is C23H28N2O5. The lowest BCUT2D eigenvalue weighted by molar-refractivity contribution is -0.127. The van der Waals surface area contributed by atoms with Crippen molar-refractivity contribution in [3.05, 3.63) is 42.5 Å². The van der Waals surface area contributed by atoms with Crippen molar-refractivity contribution in [2.75, 3.05) is 37.1 Å². The van der Waals surface area contributed by atoms with Crippen molar-refractivity contribution in [3.63, 3.8) is 0 Å². The Kier molecular flexibility index (Phi) is 6.50. The molecule has 0 aliphatic carbocycles. The van der Waals surface area contributed by atoms with E-state index in [1.54, 1.807) is 54.5 Å². The maximum absolute atomic E-state index is 13.0. The van der Waals surface area contributed by atoms with Gasteiger partial charge in [0.25, 0.3) is 5.91 Å². The number of rotatable bonds is 7. The van der Waals surface area contributed by atoms with Crippen molar-refractivity contribution >= 4 is 23.2 Å². The summed E-state index contributed by atoms with van der Waals surface area (Å²) in [5.41, 5.74) is 0.625. The van der Waals surface area contributed by atoms with Crippen LogP contribution in [0.2, 0.25) is 0 Å². The quantitative estimate of drug-likeness (QED) is 0.747. The molecule has 1 aliphatic rings. The van der Waals surface area contributed by atoms with E-state index in [1.165, 1.54) is 0 Å². The Hall–Kier alpha value is -3.22. The first kappa shape index (κ1) is 21.5. The molecule has 160 valence electrons. The summed E-state index contributed by atoms with van der Waals surface area (Å²) >= 11 is 0. The number of methoxy groups -OCH3 is 1. The van der Waals surface area contributed by atoms with Crippen LogP contribution in [-0.2, 0) is 9.59 Å². The second-order valence-corrected chi connectivity index (χ2v) is 7.82. The van der Waals surface area contributed by atoms with Gasteiger partial charge in [0.2, 0.25) is 5.91 Å². The lowest BCUT2D eigenvalue weighted by Gasteiger charge is -2.27. The van der Waals surface area contributed by atoms with E-state index in [9.17, 15) is 9.59 Å². The number of ether oxygens (including phenoxy) is 3. The molecule has 0 atom stereocenters. The van der Waals surface area contributed by atoms with Crippen LogP contribution in [0.3, 0.4) is 0 Å². The largest absolute Gasteiger partial charge is 0.497 e. The normalized spacial score (nSPS) is 14.9. The first-order valence-electron chi connectivity index (χ1n) is 9.99. The molecule has 30 heavy (non-hydrogen) atoms. The van der Waals surface area contributed by atoms with Gasteiger partial charge in [0.15, 0.2) is 6.61 Å². The smallest absolute Gasteiger partial charge is 0.262 e. The summed E-state index contributed by atoms with van der Waals surface area (Å²) in [6, 6.07) is 12.3. The minimum atomic E-state index is -0.621. The molecule has 0 saturated carbocycles. The molecule has 7 nitrogen and oxygen atoms in total. The highest BCUT2D eigenvalue weighted by Crippen LogP contribution is 2.38. The van der Waals surface area contributed by atoms with Crippen LogP contribution in [0.4, 0.5) is 11.4 Å². The fourth-order valence-electron chi connectivity index (χ4n) is 3.19. The van der Waals surface area contributed by atoms with Crippen LogP contribution in [0.15, 0.2) is 42.5 Å². The molecule has 2 aromatic carbocycles. The highest BCUT2D eigenvalue weighted by atomic mass is 16.5. The van der Waals surface area contributed by atoms with Crippen molar-refractivity contribution in [1.82, 2.24) is 0 Å². The predicted molar refractivity (Wildman–Crippen MR) is 115 cm³/mol. The Morgan fingerprint density at radius 2 is 1.87 bits per heavy atom. The summed E-state index contributed by atoms with van der Waals surface area (Å²) in [6.45, 7) is 6.53. The second-order valence-electron chi connectivity index (χ2n) is 7.82. The standard InChI is InChI=1S/C23H28N2O5/c1-5-12-25-19-13-16(6-11-20(19)30-15-23(2,3)22(25)27)24-21(26)14-29-18-9-7-17(28-4)8-10-18/h6-11,13H,5,12,14-15H2,1-4H3,(H,24,26). The molecule has 7 heteroatoms. The Morgan fingerprint density at radius 1 is 1.17 bits per heavy atom. The van der Waals surface area contributed by atoms with Crippen molar-refractivity contribution < 1.29 is 23.8 Å². The summed E-state index contributed by atoms with van der Waals surface area (Å²) in [4.78, 5) is 27.1. The van der Waals surface area contributed by atoms with Gasteiger partial charge in [-0.2, -0.15) is 0 Å². The third-order valence-electron chi connectivity index (χ3n) is 4.82. The molecule has 0 bridgehead atoms. The van der Waals surface area contributed by atoms with Gasteiger partial charge in [-0.3, -0.25) is 9.59 Å². The minimum absolute atomic E-state index is 0.00872. The van der Waals surface area contributed by atoms with Crippen molar-refractivity contribution in [2.45, 2.75) is 27.2 Å². The number of amides is 2. The molecule has 3 rings (SSSR count). The van der Waals surface area contributed by atoms with E-state index in [2.05, 4.69) is 5.32 Å². The van der Waals surface area contributed by atoms with E-state index >= 15 is 0 Å². The molecular weight excluding hydrogens is 384 g/mol. The molecule has 0 spiro atoms. The van der Waals surface area contributed by atoms with Crippen LogP contribution >= 0.6 is 0 Å². The lowest BCUT2D eigenvalue weighted by Crippen LogP contribution is -2.42. The maximum atomic E-state index is 13.0. The summed E-state index contributed by atoms with van der Waals surface area (Å²) in [6.07, 6.45) is 0.813. The fourth-order valence-corrected chi connectivity index (χ4v) is 3.19. The van der Waals surface area contributed by atoms with Crippen molar-refractivity contribution in [2.24, 2.45) is 5.41 Å². The van der Waals surface area contributed by atoms with E-state index in [-0.39, 0.29) is 18.4 Å². The average molecular weight is 412 g/mol. The Bertz CT molecular complexity index is 908. The molecule has 0 saturated heterocycles. The maximum Gasteiger partial charge on any atom is 0.262 e. The number of hydrogen-bond donors (Lipinski definition) is 1. The number of fused-ring (bicyclic) bond motifs is 1. The first-order chi connectivity index (χ1) is 14.3. The van der Waals surface area contributed by atoms with E-state index < -0.39 is 5.41 Å². The zero-order valence-electron chi connectivity index (χ0n) is 17.9. The van der Waals surface area contributed by atoms with Gasteiger partial charge >= 0.3 is 0 Å². The number of carbonyl (C=O) groups excluding carboxylic acids is 2. The van der Waals surface area contributed by atoms with Crippen LogP contribution in [-0.4, -0.2) is 38.7 Å². The second kappa shape index (κ2) is 9.07. The van der Waals surface area contributed by atoms with Crippen LogP contribution < -0.4 is 24.4 Å². The average Bonchev–Trinajstić information content (AvgIpc) is 2.83. The number of carbonyl (C=O) groups is 2. The molecule has 0 radical (unpaired) electrons. The van der Waals surface area contributed by atoms with Gasteiger partial charge < -0.3 is 24.4 Å². The van der Waals surface area contributed by atoms with Gasteiger partial charge in [0.1, 0.15) is 23.9 Å². The van der Waals surface area contributed by atoms with Crippen LogP contribution in [0.5, 0.6) is 17.2 Å². The SMILES string of the molecule is CCCN1C(=O)C(C)(C)COc2ccc(NC(=O)COc3ccc(OC)cc3)cc21. The molecule has 0 fully saturated rings. The number of nitrogens with zero attached hydrogens (tertiary/aromatic N) is 1. The summed E-state index contributed by atoms with van der Waals surface area (Å²) in [7, 11) is 1.59. The van der Waals surface area contributed by atoms with Gasteiger partial charge in [0, 0.05) is 12.2 Å². The number of hydrogen-bond acceptors (Lipinski definition) is 5. The van der Waals surface area contributed by atoms with Crippen LogP contribution in [0.25, 0.3) is 0 Å². The van der Waals surface area contributed by atoms with E-state index in [0.717, 1.165) is 6.42 Å². The molecule has 0 aromatic heterocycles. The Morgan fingerprint density at radius 3 is 2.53 bits per heavy atom. The van der Waals surface area contributed by atoms with Crippen molar-refractivity contribution in [3.8, 4) is 17.2 Å². The van der Waals surface area contributed by atoms with Gasteiger partial charge in [0.05, 0.1) is 18.2 Å². The minimum Gasteiger partial charge on any atom is -0.497 e. The molecule has 1 heterocycles. The van der Waals surface area contributed by atoms with Crippen molar-refractivity contribution in [1.29, 1.82) is 0 Å².